The maximum atomic E-state index is 13.2. The number of rotatable bonds is 4. The van der Waals surface area contributed by atoms with Crippen LogP contribution in [0.2, 0.25) is 0 Å². The van der Waals surface area contributed by atoms with E-state index in [4.69, 9.17) is 14.2 Å². The third-order valence-corrected chi connectivity index (χ3v) is 4.19. The Labute approximate surface area is 137 Å². The van der Waals surface area contributed by atoms with E-state index in [2.05, 4.69) is 15.9 Å². The lowest BCUT2D eigenvalue weighted by Gasteiger charge is -2.29. The van der Waals surface area contributed by atoms with Gasteiger partial charge in [-0.25, -0.2) is 4.39 Å². The Morgan fingerprint density at radius 1 is 1.09 bits per heavy atom. The van der Waals surface area contributed by atoms with Gasteiger partial charge in [-0.3, -0.25) is 0 Å². The zero-order valence-corrected chi connectivity index (χ0v) is 13.5. The number of benzene rings is 2. The van der Waals surface area contributed by atoms with Gasteiger partial charge in [0.1, 0.15) is 11.9 Å². The van der Waals surface area contributed by atoms with Crippen LogP contribution in [-0.4, -0.2) is 19.3 Å². The highest BCUT2D eigenvalue weighted by molar-refractivity contribution is 9.10. The molecule has 0 saturated carbocycles. The van der Waals surface area contributed by atoms with Crippen LogP contribution in [0.4, 0.5) is 4.39 Å². The van der Waals surface area contributed by atoms with Gasteiger partial charge in [-0.05, 0) is 23.8 Å². The maximum Gasteiger partial charge on any atom is 0.184 e. The van der Waals surface area contributed by atoms with Crippen molar-refractivity contribution in [3.05, 3.63) is 69.9 Å². The van der Waals surface area contributed by atoms with Gasteiger partial charge in [-0.1, -0.05) is 46.3 Å². The topological polar surface area (TPSA) is 27.7 Å². The second kappa shape index (κ2) is 7.33. The van der Waals surface area contributed by atoms with Crippen LogP contribution in [0.15, 0.2) is 53.0 Å². The Bertz CT molecular complexity index is 627. The fourth-order valence-electron chi connectivity index (χ4n) is 2.25. The lowest BCUT2D eigenvalue weighted by Crippen LogP contribution is -2.33. The van der Waals surface area contributed by atoms with Crippen molar-refractivity contribution >= 4 is 15.9 Å². The summed E-state index contributed by atoms with van der Waals surface area (Å²) in [5.74, 6) is -0.294. The summed E-state index contributed by atoms with van der Waals surface area (Å²) in [6, 6.07) is 14.2. The van der Waals surface area contributed by atoms with E-state index >= 15 is 0 Å². The molecular weight excluding hydrogens is 351 g/mol. The lowest BCUT2D eigenvalue weighted by molar-refractivity contribution is -0.232. The van der Waals surface area contributed by atoms with Gasteiger partial charge in [0.15, 0.2) is 6.29 Å². The first-order valence-electron chi connectivity index (χ1n) is 7.06. The van der Waals surface area contributed by atoms with Crippen LogP contribution < -0.4 is 0 Å². The van der Waals surface area contributed by atoms with Crippen molar-refractivity contribution in [1.82, 2.24) is 0 Å². The van der Waals surface area contributed by atoms with Crippen molar-refractivity contribution in [1.29, 1.82) is 0 Å². The van der Waals surface area contributed by atoms with Gasteiger partial charge in [-0.2, -0.15) is 0 Å². The summed E-state index contributed by atoms with van der Waals surface area (Å²) in [4.78, 5) is 0. The van der Waals surface area contributed by atoms with Crippen molar-refractivity contribution in [3.8, 4) is 0 Å². The van der Waals surface area contributed by atoms with Crippen LogP contribution in [0.3, 0.4) is 0 Å². The highest BCUT2D eigenvalue weighted by Gasteiger charge is 2.24. The molecule has 5 heteroatoms. The Kier molecular flexibility index (Phi) is 5.20. The maximum absolute atomic E-state index is 13.2. The van der Waals surface area contributed by atoms with Crippen LogP contribution in [-0.2, 0) is 20.8 Å². The van der Waals surface area contributed by atoms with Gasteiger partial charge in [-0.15, -0.1) is 0 Å². The van der Waals surface area contributed by atoms with E-state index in [1.807, 2.05) is 24.3 Å². The average molecular weight is 367 g/mol. The second-order valence-corrected chi connectivity index (χ2v) is 5.93. The van der Waals surface area contributed by atoms with Crippen molar-refractivity contribution in [2.45, 2.75) is 19.0 Å². The zero-order valence-electron chi connectivity index (χ0n) is 11.9. The summed E-state index contributed by atoms with van der Waals surface area (Å²) in [7, 11) is 0. The molecule has 0 aliphatic carbocycles. The summed E-state index contributed by atoms with van der Waals surface area (Å²) in [5.41, 5.74) is 1.76. The summed E-state index contributed by atoms with van der Waals surface area (Å²) >= 11 is 3.49. The first kappa shape index (κ1) is 15.6. The van der Waals surface area contributed by atoms with Gasteiger partial charge in [0.2, 0.25) is 0 Å². The fraction of sp³-hybridized carbons (Fsp3) is 0.294. The normalized spacial score (nSPS) is 21.7. The highest BCUT2D eigenvalue weighted by Crippen LogP contribution is 2.25. The molecule has 2 aromatic rings. The molecule has 0 bridgehead atoms. The molecule has 22 heavy (non-hydrogen) atoms. The van der Waals surface area contributed by atoms with E-state index in [0.29, 0.717) is 25.4 Å². The molecule has 0 atom stereocenters. The van der Waals surface area contributed by atoms with E-state index in [0.717, 1.165) is 10.0 Å². The molecule has 0 N–H and O–H groups in total. The molecule has 0 radical (unpaired) electrons. The molecule has 1 aliphatic heterocycles. The second-order valence-electron chi connectivity index (χ2n) is 5.08. The molecule has 116 valence electrons. The molecule has 0 aromatic heterocycles. The standard InChI is InChI=1S/C17H16BrFO3/c18-16-7-2-1-4-13(16)9-20-15-10-21-17(22-11-15)12-5-3-6-14(19)8-12/h1-8,15,17H,9-11H2/t15-,17+. The monoisotopic (exact) mass is 366 g/mol. The summed E-state index contributed by atoms with van der Waals surface area (Å²) in [6.07, 6.45) is -0.657. The van der Waals surface area contributed by atoms with Crippen molar-refractivity contribution < 1.29 is 18.6 Å². The van der Waals surface area contributed by atoms with Gasteiger partial charge in [0.25, 0.3) is 0 Å². The smallest absolute Gasteiger partial charge is 0.184 e. The molecule has 3 nitrogen and oxygen atoms in total. The third-order valence-electron chi connectivity index (χ3n) is 3.42. The Hall–Kier alpha value is -1.27. The average Bonchev–Trinajstić information content (AvgIpc) is 2.55. The fourth-order valence-corrected chi connectivity index (χ4v) is 2.65. The number of hydrogen-bond donors (Lipinski definition) is 0. The van der Waals surface area contributed by atoms with Crippen LogP contribution in [0.1, 0.15) is 17.4 Å². The van der Waals surface area contributed by atoms with E-state index in [9.17, 15) is 4.39 Å². The Morgan fingerprint density at radius 3 is 2.59 bits per heavy atom. The van der Waals surface area contributed by atoms with Crippen LogP contribution in [0.25, 0.3) is 0 Å². The third kappa shape index (κ3) is 3.93. The minimum absolute atomic E-state index is 0.128. The van der Waals surface area contributed by atoms with E-state index in [1.165, 1.54) is 12.1 Å². The van der Waals surface area contributed by atoms with Crippen molar-refractivity contribution in [2.24, 2.45) is 0 Å². The van der Waals surface area contributed by atoms with Gasteiger partial charge in [0.05, 0.1) is 19.8 Å². The Balaban J connectivity index is 1.51. The molecule has 0 unspecified atom stereocenters. The number of ether oxygens (including phenoxy) is 3. The first-order chi connectivity index (χ1) is 10.7. The molecule has 0 amide bonds. The molecular formula is C17H16BrFO3. The van der Waals surface area contributed by atoms with Crippen LogP contribution in [0, 0.1) is 5.82 Å². The quantitative estimate of drug-likeness (QED) is 0.810. The zero-order chi connectivity index (χ0) is 15.4. The van der Waals surface area contributed by atoms with E-state index in [1.54, 1.807) is 12.1 Å². The van der Waals surface area contributed by atoms with Gasteiger partial charge >= 0.3 is 0 Å². The predicted octanol–water partition coefficient (Wildman–Crippen LogP) is 4.22. The van der Waals surface area contributed by atoms with E-state index in [-0.39, 0.29) is 11.9 Å². The van der Waals surface area contributed by atoms with Crippen molar-refractivity contribution in [3.63, 3.8) is 0 Å². The summed E-state index contributed by atoms with van der Waals surface area (Å²) in [6.45, 7) is 1.33. The molecule has 1 aliphatic rings. The largest absolute Gasteiger partial charge is 0.369 e. The lowest BCUT2D eigenvalue weighted by atomic mass is 10.2. The van der Waals surface area contributed by atoms with E-state index < -0.39 is 6.29 Å². The highest BCUT2D eigenvalue weighted by atomic mass is 79.9. The summed E-state index contributed by atoms with van der Waals surface area (Å²) < 4.78 is 31.3. The van der Waals surface area contributed by atoms with Crippen LogP contribution >= 0.6 is 15.9 Å². The summed E-state index contributed by atoms with van der Waals surface area (Å²) in [5, 5.41) is 0. The molecule has 1 saturated heterocycles. The molecule has 2 aromatic carbocycles. The molecule has 0 spiro atoms. The SMILES string of the molecule is Fc1cccc([C@H]2OC[C@@H](OCc3ccccc3Br)CO2)c1. The molecule has 1 heterocycles. The van der Waals surface area contributed by atoms with Gasteiger partial charge < -0.3 is 14.2 Å². The Morgan fingerprint density at radius 2 is 1.86 bits per heavy atom. The predicted molar refractivity (Wildman–Crippen MR) is 83.8 cm³/mol. The van der Waals surface area contributed by atoms with Crippen LogP contribution in [0.5, 0.6) is 0 Å². The molecule has 3 rings (SSSR count). The number of halogens is 2. The first-order valence-corrected chi connectivity index (χ1v) is 7.85. The van der Waals surface area contributed by atoms with Crippen molar-refractivity contribution in [2.75, 3.05) is 13.2 Å². The number of hydrogen-bond acceptors (Lipinski definition) is 3. The molecule has 1 fully saturated rings. The van der Waals surface area contributed by atoms with Gasteiger partial charge in [0, 0.05) is 10.0 Å². The minimum atomic E-state index is -0.529. The minimum Gasteiger partial charge on any atom is -0.369 e.